The molecule has 0 radical (unpaired) electrons. The molecular formula is C12H9N3OS2. The Morgan fingerprint density at radius 1 is 1.33 bits per heavy atom. The van der Waals surface area contributed by atoms with E-state index in [1.807, 2.05) is 23.6 Å². The molecule has 18 heavy (non-hydrogen) atoms. The standard InChI is InChI=1S/C12H9N3OS2/c13-15-14-12(16)10-5-1-2-6-11(10)18-8-9-4-3-7-17-9/h1-7H,8H2. The summed E-state index contributed by atoms with van der Waals surface area (Å²) < 4.78 is 0. The lowest BCUT2D eigenvalue weighted by Gasteiger charge is -2.04. The Hall–Kier alpha value is -1.75. The first-order chi connectivity index (χ1) is 8.81. The predicted octanol–water partition coefficient (Wildman–Crippen LogP) is 4.49. The number of hydrogen-bond acceptors (Lipinski definition) is 3. The zero-order valence-electron chi connectivity index (χ0n) is 9.31. The van der Waals surface area contributed by atoms with Crippen LogP contribution in [0.1, 0.15) is 15.2 Å². The average molecular weight is 275 g/mol. The average Bonchev–Trinajstić information content (AvgIpc) is 2.90. The van der Waals surface area contributed by atoms with Crippen LogP contribution < -0.4 is 0 Å². The summed E-state index contributed by atoms with van der Waals surface area (Å²) in [5, 5.41) is 5.15. The van der Waals surface area contributed by atoms with E-state index >= 15 is 0 Å². The van der Waals surface area contributed by atoms with Gasteiger partial charge in [0.2, 0.25) is 5.91 Å². The molecule has 0 bridgehead atoms. The van der Waals surface area contributed by atoms with Crippen molar-refractivity contribution in [1.82, 2.24) is 0 Å². The fraction of sp³-hybridized carbons (Fsp3) is 0.0833. The van der Waals surface area contributed by atoms with Gasteiger partial charge >= 0.3 is 0 Å². The predicted molar refractivity (Wildman–Crippen MR) is 73.8 cm³/mol. The third-order valence-corrected chi connectivity index (χ3v) is 4.38. The molecule has 0 aliphatic rings. The first-order valence-electron chi connectivity index (χ1n) is 5.15. The van der Waals surface area contributed by atoms with Crippen molar-refractivity contribution in [3.8, 4) is 0 Å². The molecule has 0 N–H and O–H groups in total. The molecule has 0 unspecified atom stereocenters. The molecule has 6 heteroatoms. The second kappa shape index (κ2) is 6.26. The molecule has 0 spiro atoms. The van der Waals surface area contributed by atoms with Crippen molar-refractivity contribution < 1.29 is 4.79 Å². The molecule has 0 fully saturated rings. The molecule has 1 amide bonds. The molecular weight excluding hydrogens is 266 g/mol. The maximum atomic E-state index is 11.6. The van der Waals surface area contributed by atoms with Gasteiger partial charge in [-0.25, -0.2) is 0 Å². The number of carbonyl (C=O) groups is 1. The van der Waals surface area contributed by atoms with Crippen molar-refractivity contribution >= 4 is 29.0 Å². The van der Waals surface area contributed by atoms with Crippen LogP contribution in [0.4, 0.5) is 0 Å². The van der Waals surface area contributed by atoms with Crippen LogP contribution in [0.3, 0.4) is 0 Å². The Balaban J connectivity index is 2.17. The van der Waals surface area contributed by atoms with Crippen molar-refractivity contribution in [2.75, 3.05) is 0 Å². The minimum absolute atomic E-state index is 0.455. The van der Waals surface area contributed by atoms with Crippen molar-refractivity contribution in [2.45, 2.75) is 10.6 Å². The van der Waals surface area contributed by atoms with Crippen LogP contribution in [0, 0.1) is 0 Å². The number of hydrogen-bond donors (Lipinski definition) is 0. The molecule has 2 aromatic rings. The fourth-order valence-electron chi connectivity index (χ4n) is 1.41. The monoisotopic (exact) mass is 275 g/mol. The summed E-state index contributed by atoms with van der Waals surface area (Å²) >= 11 is 3.24. The van der Waals surface area contributed by atoms with E-state index in [0.717, 1.165) is 10.6 Å². The number of thiophene rings is 1. The summed E-state index contributed by atoms with van der Waals surface area (Å²) in [5.74, 6) is 0.268. The molecule has 0 saturated heterocycles. The lowest BCUT2D eigenvalue weighted by molar-refractivity contribution is 0.0997. The van der Waals surface area contributed by atoms with Gasteiger partial charge in [-0.3, -0.25) is 4.79 Å². The zero-order valence-corrected chi connectivity index (χ0v) is 10.9. The number of carbonyl (C=O) groups excluding carboxylic acids is 1. The van der Waals surface area contributed by atoms with Gasteiger partial charge in [-0.05, 0) is 28.2 Å². The maximum Gasteiger partial charge on any atom is 0.250 e. The highest BCUT2D eigenvalue weighted by molar-refractivity contribution is 7.98. The van der Waals surface area contributed by atoms with Gasteiger partial charge in [-0.2, -0.15) is 0 Å². The van der Waals surface area contributed by atoms with Crippen LogP contribution in [0.15, 0.2) is 51.8 Å². The summed E-state index contributed by atoms with van der Waals surface area (Å²) in [7, 11) is 0. The zero-order chi connectivity index (χ0) is 12.8. The Morgan fingerprint density at radius 3 is 2.89 bits per heavy atom. The largest absolute Gasteiger partial charge is 0.287 e. The second-order valence-electron chi connectivity index (χ2n) is 3.36. The molecule has 0 aliphatic heterocycles. The van der Waals surface area contributed by atoms with E-state index in [0.29, 0.717) is 5.56 Å². The van der Waals surface area contributed by atoms with E-state index in [1.165, 1.54) is 4.88 Å². The normalized spacial score (nSPS) is 9.78. The van der Waals surface area contributed by atoms with Crippen molar-refractivity contribution in [2.24, 2.45) is 5.11 Å². The summed E-state index contributed by atoms with van der Waals surface area (Å²) in [6.07, 6.45) is 0. The number of amides is 1. The van der Waals surface area contributed by atoms with Crippen LogP contribution >= 0.6 is 23.1 Å². The highest BCUT2D eigenvalue weighted by Gasteiger charge is 2.09. The number of rotatable bonds is 4. The van der Waals surface area contributed by atoms with Gasteiger partial charge in [0.05, 0.1) is 0 Å². The third-order valence-electron chi connectivity index (χ3n) is 2.20. The van der Waals surface area contributed by atoms with Gasteiger partial charge in [-0.1, -0.05) is 24.3 Å². The van der Waals surface area contributed by atoms with Gasteiger partial charge < -0.3 is 0 Å². The Morgan fingerprint density at radius 2 is 2.17 bits per heavy atom. The molecule has 0 aliphatic carbocycles. The second-order valence-corrected chi connectivity index (χ2v) is 5.41. The van der Waals surface area contributed by atoms with Crippen molar-refractivity contribution in [3.05, 3.63) is 62.7 Å². The van der Waals surface area contributed by atoms with Gasteiger partial charge in [0.25, 0.3) is 0 Å². The first-order valence-corrected chi connectivity index (χ1v) is 7.01. The molecule has 0 atom stereocenters. The van der Waals surface area contributed by atoms with Gasteiger partial charge in [0, 0.05) is 26.0 Å². The molecule has 90 valence electrons. The maximum absolute atomic E-state index is 11.6. The Labute approximate surface area is 112 Å². The van der Waals surface area contributed by atoms with Gasteiger partial charge in [-0.15, -0.1) is 23.1 Å². The van der Waals surface area contributed by atoms with Gasteiger partial charge in [0.15, 0.2) is 0 Å². The highest BCUT2D eigenvalue weighted by atomic mass is 32.2. The Kier molecular flexibility index (Phi) is 4.41. The van der Waals surface area contributed by atoms with Crippen LogP contribution in [-0.4, -0.2) is 5.91 Å². The lowest BCUT2D eigenvalue weighted by atomic mass is 10.2. The van der Waals surface area contributed by atoms with E-state index < -0.39 is 5.91 Å². The summed E-state index contributed by atoms with van der Waals surface area (Å²) in [5.41, 5.74) is 8.76. The topological polar surface area (TPSA) is 65.8 Å². The molecule has 0 saturated carbocycles. The highest BCUT2D eigenvalue weighted by Crippen LogP contribution is 2.28. The van der Waals surface area contributed by atoms with Crippen LogP contribution in [-0.2, 0) is 5.75 Å². The SMILES string of the molecule is [N-]=[N+]=NC(=O)c1ccccc1SCc1cccs1. The lowest BCUT2D eigenvalue weighted by Crippen LogP contribution is -1.95. The number of azide groups is 1. The summed E-state index contributed by atoms with van der Waals surface area (Å²) in [4.78, 5) is 16.2. The molecule has 2 rings (SSSR count). The quantitative estimate of drug-likeness (QED) is 0.357. The fourth-order valence-corrected chi connectivity index (χ4v) is 3.22. The van der Waals surface area contributed by atoms with E-state index in [2.05, 4.69) is 16.1 Å². The first kappa shape index (κ1) is 12.7. The van der Waals surface area contributed by atoms with Crippen LogP contribution in [0.5, 0.6) is 0 Å². The summed E-state index contributed by atoms with van der Waals surface area (Å²) in [6.45, 7) is 0. The molecule has 1 heterocycles. The van der Waals surface area contributed by atoms with Crippen LogP contribution in [0.2, 0.25) is 0 Å². The number of thioether (sulfide) groups is 1. The molecule has 4 nitrogen and oxygen atoms in total. The van der Waals surface area contributed by atoms with Gasteiger partial charge in [0.1, 0.15) is 0 Å². The third kappa shape index (κ3) is 3.13. The van der Waals surface area contributed by atoms with Crippen molar-refractivity contribution in [3.63, 3.8) is 0 Å². The number of nitrogens with zero attached hydrogens (tertiary/aromatic N) is 3. The molecule has 1 aromatic carbocycles. The van der Waals surface area contributed by atoms with E-state index in [-0.39, 0.29) is 0 Å². The summed E-state index contributed by atoms with van der Waals surface area (Å²) in [6, 6.07) is 11.2. The smallest absolute Gasteiger partial charge is 0.250 e. The van der Waals surface area contributed by atoms with E-state index in [1.54, 1.807) is 35.2 Å². The Bertz CT molecular complexity index is 589. The van der Waals surface area contributed by atoms with Crippen LogP contribution in [0.25, 0.3) is 10.4 Å². The number of benzene rings is 1. The minimum atomic E-state index is -0.535. The molecule has 1 aromatic heterocycles. The van der Waals surface area contributed by atoms with E-state index in [4.69, 9.17) is 5.53 Å². The van der Waals surface area contributed by atoms with Crippen molar-refractivity contribution in [1.29, 1.82) is 0 Å². The van der Waals surface area contributed by atoms with E-state index in [9.17, 15) is 4.79 Å². The minimum Gasteiger partial charge on any atom is -0.287 e.